The second kappa shape index (κ2) is 9.07. The lowest BCUT2D eigenvalue weighted by Gasteiger charge is -2.36. The lowest BCUT2D eigenvalue weighted by Crippen LogP contribution is -2.53. The molecule has 2 N–H and O–H groups in total. The van der Waals surface area contributed by atoms with Gasteiger partial charge in [0.15, 0.2) is 0 Å². The van der Waals surface area contributed by atoms with Crippen LogP contribution in [0.5, 0.6) is 5.75 Å². The molecule has 2 rings (SSSR count). The predicted octanol–water partition coefficient (Wildman–Crippen LogP) is 2.90. The van der Waals surface area contributed by atoms with Crippen molar-refractivity contribution in [2.45, 2.75) is 51.6 Å². The number of hydrogen-bond acceptors (Lipinski definition) is 4. The van der Waals surface area contributed by atoms with Crippen LogP contribution in [0.2, 0.25) is 0 Å². The minimum Gasteiger partial charge on any atom is -0.406 e. The van der Waals surface area contributed by atoms with E-state index in [9.17, 15) is 22.8 Å². The first-order valence-electron chi connectivity index (χ1n) is 8.88. The molecule has 1 saturated heterocycles. The van der Waals surface area contributed by atoms with Crippen molar-refractivity contribution in [3.05, 3.63) is 24.3 Å². The number of anilines is 1. The number of benzene rings is 1. The van der Waals surface area contributed by atoms with Gasteiger partial charge in [-0.3, -0.25) is 14.5 Å². The van der Waals surface area contributed by atoms with E-state index in [1.807, 2.05) is 4.90 Å². The number of piperidine rings is 1. The number of carbonyl (C=O) groups is 2. The summed E-state index contributed by atoms with van der Waals surface area (Å²) in [7, 11) is 0. The van der Waals surface area contributed by atoms with E-state index in [0.29, 0.717) is 18.7 Å². The van der Waals surface area contributed by atoms with Crippen LogP contribution >= 0.6 is 0 Å². The number of ether oxygens (including phenoxy) is 1. The third-order valence-corrected chi connectivity index (χ3v) is 4.42. The number of carbonyl (C=O) groups excluding carboxylic acids is 2. The van der Waals surface area contributed by atoms with Crippen LogP contribution in [0.4, 0.5) is 18.9 Å². The molecule has 0 bridgehead atoms. The average molecular weight is 387 g/mol. The highest BCUT2D eigenvalue weighted by Gasteiger charge is 2.31. The predicted molar refractivity (Wildman–Crippen MR) is 94.2 cm³/mol. The van der Waals surface area contributed by atoms with Gasteiger partial charge in [0.1, 0.15) is 5.75 Å². The van der Waals surface area contributed by atoms with Gasteiger partial charge in [0.05, 0.1) is 6.04 Å². The quantitative estimate of drug-likeness (QED) is 0.788. The lowest BCUT2D eigenvalue weighted by molar-refractivity contribution is -0.274. The SMILES string of the molecule is CCC(=O)NC1CCCN(C(C)C(=O)Nc2ccc(OC(F)(F)F)cc2)C1. The number of rotatable bonds is 6. The fourth-order valence-corrected chi connectivity index (χ4v) is 2.96. The van der Waals surface area contributed by atoms with Gasteiger partial charge < -0.3 is 15.4 Å². The monoisotopic (exact) mass is 387 g/mol. The Balaban J connectivity index is 1.90. The summed E-state index contributed by atoms with van der Waals surface area (Å²) in [5.74, 6) is -0.624. The van der Waals surface area contributed by atoms with E-state index in [2.05, 4.69) is 15.4 Å². The van der Waals surface area contributed by atoms with Crippen molar-refractivity contribution >= 4 is 17.5 Å². The summed E-state index contributed by atoms with van der Waals surface area (Å²) in [6.45, 7) is 4.88. The first kappa shape index (κ1) is 21.0. The molecule has 1 aromatic rings. The maximum absolute atomic E-state index is 12.5. The third-order valence-electron chi connectivity index (χ3n) is 4.42. The number of nitrogens with one attached hydrogen (secondary N) is 2. The minimum absolute atomic E-state index is 0.0138. The molecule has 1 aromatic carbocycles. The molecule has 0 spiro atoms. The number of nitrogens with zero attached hydrogens (tertiary/aromatic N) is 1. The van der Waals surface area contributed by atoms with Gasteiger partial charge in [-0.15, -0.1) is 13.2 Å². The van der Waals surface area contributed by atoms with Crippen LogP contribution < -0.4 is 15.4 Å². The van der Waals surface area contributed by atoms with E-state index >= 15 is 0 Å². The summed E-state index contributed by atoms with van der Waals surface area (Å²) in [4.78, 5) is 26.0. The second-order valence-electron chi connectivity index (χ2n) is 6.49. The Morgan fingerprint density at radius 2 is 1.96 bits per heavy atom. The van der Waals surface area contributed by atoms with Crippen molar-refractivity contribution in [2.24, 2.45) is 0 Å². The standard InChI is InChI=1S/C18H24F3N3O3/c1-3-16(25)22-14-5-4-10-24(11-14)12(2)17(26)23-13-6-8-15(9-7-13)27-18(19,20)21/h6-9,12,14H,3-5,10-11H2,1-2H3,(H,22,25)(H,23,26). The fourth-order valence-electron chi connectivity index (χ4n) is 2.96. The Morgan fingerprint density at radius 3 is 2.56 bits per heavy atom. The zero-order chi connectivity index (χ0) is 20.0. The molecule has 2 amide bonds. The molecule has 27 heavy (non-hydrogen) atoms. The third kappa shape index (κ3) is 6.74. The van der Waals surface area contributed by atoms with Crippen LogP contribution in [-0.2, 0) is 9.59 Å². The number of halogens is 3. The Hall–Kier alpha value is -2.29. The Bertz CT molecular complexity index is 649. The maximum atomic E-state index is 12.5. The first-order valence-corrected chi connectivity index (χ1v) is 8.88. The summed E-state index contributed by atoms with van der Waals surface area (Å²) in [6, 6.07) is 4.58. The van der Waals surface area contributed by atoms with E-state index in [4.69, 9.17) is 0 Å². The summed E-state index contributed by atoms with van der Waals surface area (Å²) in [6.07, 6.45) is -2.59. The molecule has 6 nitrogen and oxygen atoms in total. The van der Waals surface area contributed by atoms with E-state index in [1.165, 1.54) is 12.1 Å². The van der Waals surface area contributed by atoms with Crippen LogP contribution in [0.15, 0.2) is 24.3 Å². The number of likely N-dealkylation sites (tertiary alicyclic amines) is 1. The van der Waals surface area contributed by atoms with Crippen molar-refractivity contribution < 1.29 is 27.5 Å². The highest BCUT2D eigenvalue weighted by atomic mass is 19.4. The molecule has 0 aromatic heterocycles. The molecule has 1 aliphatic heterocycles. The van der Waals surface area contributed by atoms with Gasteiger partial charge >= 0.3 is 6.36 Å². The van der Waals surface area contributed by atoms with E-state index in [-0.39, 0.29) is 23.6 Å². The number of hydrogen-bond donors (Lipinski definition) is 2. The van der Waals surface area contributed by atoms with Crippen LogP contribution in [0.3, 0.4) is 0 Å². The van der Waals surface area contributed by atoms with Crippen LogP contribution in [0.1, 0.15) is 33.1 Å². The van der Waals surface area contributed by atoms with Crippen molar-refractivity contribution in [1.29, 1.82) is 0 Å². The zero-order valence-electron chi connectivity index (χ0n) is 15.3. The summed E-state index contributed by atoms with van der Waals surface area (Å²) in [5, 5.41) is 5.64. The summed E-state index contributed by atoms with van der Waals surface area (Å²) >= 11 is 0. The molecule has 0 radical (unpaired) electrons. The normalized spacial score (nSPS) is 19.2. The smallest absolute Gasteiger partial charge is 0.406 e. The van der Waals surface area contributed by atoms with Gasteiger partial charge in [-0.25, -0.2) is 0 Å². The Labute approximate surface area is 156 Å². The number of alkyl halides is 3. The molecule has 1 aliphatic rings. The van der Waals surface area contributed by atoms with Crippen molar-refractivity contribution in [1.82, 2.24) is 10.2 Å². The van der Waals surface area contributed by atoms with E-state index < -0.39 is 12.4 Å². The summed E-state index contributed by atoms with van der Waals surface area (Å²) < 4.78 is 40.3. The van der Waals surface area contributed by atoms with Crippen LogP contribution in [0.25, 0.3) is 0 Å². The topological polar surface area (TPSA) is 70.7 Å². The molecule has 2 unspecified atom stereocenters. The van der Waals surface area contributed by atoms with E-state index in [1.54, 1.807) is 13.8 Å². The summed E-state index contributed by atoms with van der Waals surface area (Å²) in [5.41, 5.74) is 0.384. The van der Waals surface area contributed by atoms with Gasteiger partial charge in [-0.05, 0) is 50.6 Å². The highest BCUT2D eigenvalue weighted by Crippen LogP contribution is 2.24. The maximum Gasteiger partial charge on any atom is 0.573 e. The first-order chi connectivity index (χ1) is 12.7. The number of amides is 2. The zero-order valence-corrected chi connectivity index (χ0v) is 15.3. The fraction of sp³-hybridized carbons (Fsp3) is 0.556. The molecule has 9 heteroatoms. The van der Waals surface area contributed by atoms with Crippen LogP contribution in [-0.4, -0.2) is 48.2 Å². The second-order valence-corrected chi connectivity index (χ2v) is 6.49. The molecule has 2 atom stereocenters. The molecular weight excluding hydrogens is 363 g/mol. The largest absolute Gasteiger partial charge is 0.573 e. The molecule has 1 heterocycles. The Morgan fingerprint density at radius 1 is 1.30 bits per heavy atom. The van der Waals surface area contributed by atoms with E-state index in [0.717, 1.165) is 31.5 Å². The van der Waals surface area contributed by atoms with Gasteiger partial charge in [0.25, 0.3) is 0 Å². The molecule has 150 valence electrons. The van der Waals surface area contributed by atoms with Gasteiger partial charge in [-0.2, -0.15) is 0 Å². The Kier molecular flexibility index (Phi) is 7.06. The molecule has 1 fully saturated rings. The lowest BCUT2D eigenvalue weighted by atomic mass is 10.0. The van der Waals surface area contributed by atoms with Gasteiger partial charge in [0, 0.05) is 24.7 Å². The van der Waals surface area contributed by atoms with Crippen LogP contribution in [0, 0.1) is 0 Å². The minimum atomic E-state index is -4.75. The van der Waals surface area contributed by atoms with Crippen molar-refractivity contribution in [3.63, 3.8) is 0 Å². The molecule has 0 saturated carbocycles. The highest BCUT2D eigenvalue weighted by molar-refractivity contribution is 5.94. The van der Waals surface area contributed by atoms with Crippen molar-refractivity contribution in [2.75, 3.05) is 18.4 Å². The average Bonchev–Trinajstić information content (AvgIpc) is 2.61. The molecular formula is C18H24F3N3O3. The molecule has 0 aliphatic carbocycles. The van der Waals surface area contributed by atoms with Gasteiger partial charge in [0.2, 0.25) is 11.8 Å². The van der Waals surface area contributed by atoms with Gasteiger partial charge in [-0.1, -0.05) is 6.92 Å². The van der Waals surface area contributed by atoms with Crippen molar-refractivity contribution in [3.8, 4) is 5.75 Å².